The summed E-state index contributed by atoms with van der Waals surface area (Å²) in [5.74, 6) is 0.234. The van der Waals surface area contributed by atoms with Crippen LogP contribution in [-0.4, -0.2) is 66.1 Å². The number of hydrogen-bond donors (Lipinski definition) is 0. The minimum atomic E-state index is 0.234. The van der Waals surface area contributed by atoms with Crippen LogP contribution in [0.1, 0.15) is 12.0 Å². The number of carbonyl (C=O) groups excluding carboxylic acids is 1. The topological polar surface area (TPSA) is 31.7 Å². The Balaban J connectivity index is 1.12. The molecule has 1 amide bonds. The van der Waals surface area contributed by atoms with Gasteiger partial charge in [0.05, 0.1) is 6.54 Å². The van der Waals surface area contributed by atoms with Crippen molar-refractivity contribution in [1.29, 1.82) is 0 Å². The van der Waals surface area contributed by atoms with Gasteiger partial charge in [-0.2, -0.15) is 0 Å². The third-order valence-corrected chi connectivity index (χ3v) is 6.86. The molecule has 0 saturated carbocycles. The Hall–Kier alpha value is -2.34. The largest absolute Gasteiger partial charge is 0.346 e. The fraction of sp³-hybridized carbons (Fsp3) is 0.400. The highest BCUT2D eigenvalue weighted by molar-refractivity contribution is 6.31. The maximum atomic E-state index is 13.0. The molecule has 5 rings (SSSR count). The summed E-state index contributed by atoms with van der Waals surface area (Å²) < 4.78 is 2.30. The van der Waals surface area contributed by atoms with E-state index in [0.29, 0.717) is 6.54 Å². The highest BCUT2D eigenvalue weighted by Crippen LogP contribution is 2.27. The lowest BCUT2D eigenvalue weighted by atomic mass is 10.0. The Morgan fingerprint density at radius 2 is 1.71 bits per heavy atom. The number of benzene rings is 2. The molecular weight excluding hydrogens is 408 g/mol. The van der Waals surface area contributed by atoms with Crippen molar-refractivity contribution in [2.24, 2.45) is 0 Å². The number of para-hydroxylation sites is 1. The molecule has 3 heterocycles. The summed E-state index contributed by atoms with van der Waals surface area (Å²) in [4.78, 5) is 19.8. The second-order valence-electron chi connectivity index (χ2n) is 8.61. The van der Waals surface area contributed by atoms with Gasteiger partial charge in [-0.15, -0.1) is 0 Å². The van der Waals surface area contributed by atoms with Crippen molar-refractivity contribution in [2.75, 3.05) is 50.7 Å². The number of rotatable bonds is 5. The summed E-state index contributed by atoms with van der Waals surface area (Å²) in [5.41, 5.74) is 3.64. The molecule has 5 nitrogen and oxygen atoms in total. The van der Waals surface area contributed by atoms with E-state index in [1.165, 1.54) is 16.5 Å². The molecule has 1 aromatic heterocycles. The molecular formula is C25H29ClN4O. The second-order valence-corrected chi connectivity index (χ2v) is 9.04. The van der Waals surface area contributed by atoms with Gasteiger partial charge >= 0.3 is 0 Å². The van der Waals surface area contributed by atoms with Crippen LogP contribution in [-0.2, 0) is 17.8 Å². The third kappa shape index (κ3) is 4.49. The average molecular weight is 437 g/mol. The zero-order valence-electron chi connectivity index (χ0n) is 17.8. The molecule has 31 heavy (non-hydrogen) atoms. The summed E-state index contributed by atoms with van der Waals surface area (Å²) in [6.45, 7) is 7.26. The minimum absolute atomic E-state index is 0.234. The summed E-state index contributed by atoms with van der Waals surface area (Å²) in [7, 11) is 0. The number of amides is 1. The lowest BCUT2D eigenvalue weighted by Crippen LogP contribution is -2.51. The SMILES string of the molecule is O=C(CN1CCN(CCn2ccc3cc(Cl)ccc32)CC1)N1CCCc2ccccc21. The van der Waals surface area contributed by atoms with E-state index >= 15 is 0 Å². The van der Waals surface area contributed by atoms with Crippen LogP contribution in [0.5, 0.6) is 0 Å². The van der Waals surface area contributed by atoms with Crippen molar-refractivity contribution in [1.82, 2.24) is 14.4 Å². The first kappa shape index (κ1) is 20.6. The van der Waals surface area contributed by atoms with E-state index in [2.05, 4.69) is 50.9 Å². The van der Waals surface area contributed by atoms with Gasteiger partial charge < -0.3 is 9.47 Å². The minimum Gasteiger partial charge on any atom is -0.346 e. The number of aromatic nitrogens is 1. The Labute approximate surface area is 188 Å². The van der Waals surface area contributed by atoms with Crippen molar-refractivity contribution in [2.45, 2.75) is 19.4 Å². The molecule has 2 aromatic carbocycles. The highest BCUT2D eigenvalue weighted by Gasteiger charge is 2.25. The fourth-order valence-electron chi connectivity index (χ4n) is 4.86. The van der Waals surface area contributed by atoms with Crippen LogP contribution in [0.25, 0.3) is 10.9 Å². The number of carbonyl (C=O) groups is 1. The zero-order valence-corrected chi connectivity index (χ0v) is 18.6. The molecule has 162 valence electrons. The van der Waals surface area contributed by atoms with E-state index in [1.54, 1.807) is 0 Å². The van der Waals surface area contributed by atoms with Gasteiger partial charge in [0.1, 0.15) is 0 Å². The number of halogens is 1. The van der Waals surface area contributed by atoms with Gasteiger partial charge in [0.15, 0.2) is 0 Å². The average Bonchev–Trinajstić information content (AvgIpc) is 3.20. The molecule has 0 spiro atoms. The van der Waals surface area contributed by atoms with Crippen LogP contribution < -0.4 is 4.90 Å². The molecule has 0 radical (unpaired) electrons. The Kier molecular flexibility index (Phi) is 5.99. The molecule has 6 heteroatoms. The summed E-state index contributed by atoms with van der Waals surface area (Å²) in [5, 5.41) is 1.97. The summed E-state index contributed by atoms with van der Waals surface area (Å²) in [6, 6.07) is 16.5. The van der Waals surface area contributed by atoms with Crippen molar-refractivity contribution in [3.05, 3.63) is 65.3 Å². The van der Waals surface area contributed by atoms with Gasteiger partial charge in [-0.25, -0.2) is 0 Å². The predicted octanol–water partition coefficient (Wildman–Crippen LogP) is 3.89. The summed E-state index contributed by atoms with van der Waals surface area (Å²) in [6.07, 6.45) is 4.27. The van der Waals surface area contributed by atoms with Gasteiger partial charge in [0.2, 0.25) is 5.91 Å². The standard InChI is InChI=1S/C25H29ClN4O/c26-22-7-8-23-21(18-22)9-11-29(23)17-16-27-12-14-28(15-13-27)19-25(31)30-10-3-5-20-4-1-2-6-24(20)30/h1-2,4,6-9,11,18H,3,5,10,12-17,19H2. The first-order valence-electron chi connectivity index (χ1n) is 11.2. The van der Waals surface area contributed by atoms with Crippen LogP contribution in [0.3, 0.4) is 0 Å². The second kappa shape index (κ2) is 9.03. The molecule has 3 aromatic rings. The van der Waals surface area contributed by atoms with Crippen LogP contribution in [0, 0.1) is 0 Å². The van der Waals surface area contributed by atoms with Gasteiger partial charge in [0, 0.05) is 73.6 Å². The fourth-order valence-corrected chi connectivity index (χ4v) is 5.04. The van der Waals surface area contributed by atoms with Gasteiger partial charge in [-0.05, 0) is 48.7 Å². The molecule has 0 unspecified atom stereocenters. The number of piperazine rings is 1. The number of anilines is 1. The van der Waals surface area contributed by atoms with Gasteiger partial charge in [0.25, 0.3) is 0 Å². The third-order valence-electron chi connectivity index (χ3n) is 6.63. The monoisotopic (exact) mass is 436 g/mol. The quantitative estimate of drug-likeness (QED) is 0.608. The van der Waals surface area contributed by atoms with Crippen molar-refractivity contribution < 1.29 is 4.79 Å². The molecule has 0 aliphatic carbocycles. The first-order valence-corrected chi connectivity index (χ1v) is 11.6. The van der Waals surface area contributed by atoms with Crippen molar-refractivity contribution in [3.8, 4) is 0 Å². The van der Waals surface area contributed by atoms with Gasteiger partial charge in [-0.1, -0.05) is 29.8 Å². The maximum absolute atomic E-state index is 13.0. The molecule has 2 aliphatic rings. The number of fused-ring (bicyclic) bond motifs is 2. The first-order chi connectivity index (χ1) is 15.2. The van der Waals surface area contributed by atoms with E-state index in [1.807, 2.05) is 23.1 Å². The van der Waals surface area contributed by atoms with Crippen molar-refractivity contribution in [3.63, 3.8) is 0 Å². The number of aryl methyl sites for hydroxylation is 1. The Morgan fingerprint density at radius 3 is 2.58 bits per heavy atom. The van der Waals surface area contributed by atoms with Crippen LogP contribution in [0.2, 0.25) is 5.02 Å². The van der Waals surface area contributed by atoms with E-state index in [4.69, 9.17) is 11.6 Å². The summed E-state index contributed by atoms with van der Waals surface area (Å²) >= 11 is 6.10. The molecule has 1 fully saturated rings. The van der Waals surface area contributed by atoms with E-state index in [-0.39, 0.29) is 5.91 Å². The molecule has 0 bridgehead atoms. The Bertz CT molecular complexity index is 1070. The number of hydrogen-bond acceptors (Lipinski definition) is 3. The smallest absolute Gasteiger partial charge is 0.241 e. The molecule has 2 aliphatic heterocycles. The number of nitrogens with zero attached hydrogens (tertiary/aromatic N) is 4. The van der Waals surface area contributed by atoms with Crippen LogP contribution in [0.4, 0.5) is 5.69 Å². The van der Waals surface area contributed by atoms with Crippen LogP contribution in [0.15, 0.2) is 54.7 Å². The molecule has 0 N–H and O–H groups in total. The van der Waals surface area contributed by atoms with Crippen molar-refractivity contribution >= 4 is 34.1 Å². The van der Waals surface area contributed by atoms with E-state index in [9.17, 15) is 4.79 Å². The lowest BCUT2D eigenvalue weighted by molar-refractivity contribution is -0.120. The van der Waals surface area contributed by atoms with Crippen LogP contribution >= 0.6 is 11.6 Å². The zero-order chi connectivity index (χ0) is 21.2. The van der Waals surface area contributed by atoms with E-state index < -0.39 is 0 Å². The molecule has 0 atom stereocenters. The highest BCUT2D eigenvalue weighted by atomic mass is 35.5. The van der Waals surface area contributed by atoms with E-state index in [0.717, 1.165) is 69.4 Å². The maximum Gasteiger partial charge on any atom is 0.241 e. The normalized spacial score (nSPS) is 17.8. The lowest BCUT2D eigenvalue weighted by Gasteiger charge is -2.36. The predicted molar refractivity (Wildman–Crippen MR) is 127 cm³/mol. The van der Waals surface area contributed by atoms with Gasteiger partial charge in [-0.3, -0.25) is 14.6 Å². The Morgan fingerprint density at radius 1 is 0.903 bits per heavy atom. The molecule has 1 saturated heterocycles.